The number of rotatable bonds is 6. The van der Waals surface area contributed by atoms with Gasteiger partial charge in [-0.3, -0.25) is 4.79 Å². The summed E-state index contributed by atoms with van der Waals surface area (Å²) >= 11 is 6.13. The Morgan fingerprint density at radius 1 is 0.964 bits per heavy atom. The van der Waals surface area contributed by atoms with Gasteiger partial charge in [0.1, 0.15) is 0 Å². The van der Waals surface area contributed by atoms with E-state index in [0.29, 0.717) is 44.0 Å². The molecule has 5 nitrogen and oxygen atoms in total. The van der Waals surface area contributed by atoms with Crippen molar-refractivity contribution in [3.8, 4) is 0 Å². The molecule has 0 N–H and O–H groups in total. The number of sulfonamides is 1. The van der Waals surface area contributed by atoms with Crippen LogP contribution in [0.2, 0.25) is 5.02 Å². The van der Waals surface area contributed by atoms with Crippen molar-refractivity contribution in [3.05, 3.63) is 76.2 Å². The summed E-state index contributed by atoms with van der Waals surface area (Å²) in [6.45, 7) is 1.41. The zero-order valence-corrected chi connectivity index (χ0v) is 17.1. The summed E-state index contributed by atoms with van der Waals surface area (Å²) < 4.78 is 26.4. The molecule has 1 amide bonds. The van der Waals surface area contributed by atoms with Crippen molar-refractivity contribution in [1.82, 2.24) is 9.21 Å². The number of piperazine rings is 1. The molecule has 0 spiro atoms. The van der Waals surface area contributed by atoms with E-state index in [2.05, 4.69) is 0 Å². The van der Waals surface area contributed by atoms with Crippen molar-refractivity contribution < 1.29 is 13.2 Å². The normalized spacial score (nSPS) is 15.8. The number of hydrogen-bond acceptors (Lipinski definition) is 3. The summed E-state index contributed by atoms with van der Waals surface area (Å²) in [6.07, 6.45) is 2.54. The average Bonchev–Trinajstić information content (AvgIpc) is 2.72. The molecule has 0 saturated carbocycles. The van der Waals surface area contributed by atoms with E-state index in [4.69, 9.17) is 11.6 Å². The molecule has 0 atom stereocenters. The molecule has 2 aromatic rings. The van der Waals surface area contributed by atoms with Gasteiger partial charge < -0.3 is 4.90 Å². The molecule has 2 aromatic carbocycles. The van der Waals surface area contributed by atoms with Gasteiger partial charge in [0.2, 0.25) is 15.9 Å². The molecule has 0 bridgehead atoms. The van der Waals surface area contributed by atoms with E-state index in [1.54, 1.807) is 11.0 Å². The predicted molar refractivity (Wildman–Crippen MR) is 112 cm³/mol. The zero-order chi connectivity index (χ0) is 20.0. The van der Waals surface area contributed by atoms with Gasteiger partial charge in [0, 0.05) is 43.0 Å². The van der Waals surface area contributed by atoms with Gasteiger partial charge in [-0.05, 0) is 29.7 Å². The SMILES string of the molecule is O=C(CCc1ccccc1Cl)N1CCN(S(=O)(=O)/C=C/c2ccccc2)CC1. The summed E-state index contributed by atoms with van der Waals surface area (Å²) in [5.41, 5.74) is 1.78. The first kappa shape index (κ1) is 20.6. The fourth-order valence-corrected chi connectivity index (χ4v) is 4.51. The molecular weight excluding hydrogens is 396 g/mol. The number of aryl methyl sites for hydroxylation is 1. The number of nitrogens with zero attached hydrogens (tertiary/aromatic N) is 2. The summed E-state index contributed by atoms with van der Waals surface area (Å²) in [4.78, 5) is 14.2. The van der Waals surface area contributed by atoms with Crippen molar-refractivity contribution in [2.75, 3.05) is 26.2 Å². The number of carbonyl (C=O) groups is 1. The summed E-state index contributed by atoms with van der Waals surface area (Å²) in [7, 11) is -3.49. The first-order chi connectivity index (χ1) is 13.5. The molecule has 1 heterocycles. The van der Waals surface area contributed by atoms with Gasteiger partial charge in [-0.1, -0.05) is 60.1 Å². The van der Waals surface area contributed by atoms with Gasteiger partial charge in [-0.25, -0.2) is 8.42 Å². The Bertz CT molecular complexity index is 937. The van der Waals surface area contributed by atoms with E-state index in [-0.39, 0.29) is 5.91 Å². The van der Waals surface area contributed by atoms with Crippen LogP contribution in [0.25, 0.3) is 6.08 Å². The maximum absolute atomic E-state index is 12.5. The number of hydrogen-bond donors (Lipinski definition) is 0. The van der Waals surface area contributed by atoms with E-state index in [1.807, 2.05) is 54.6 Å². The highest BCUT2D eigenvalue weighted by atomic mass is 35.5. The van der Waals surface area contributed by atoms with Crippen LogP contribution in [0, 0.1) is 0 Å². The van der Waals surface area contributed by atoms with Crippen LogP contribution < -0.4 is 0 Å². The molecule has 1 aliphatic heterocycles. The maximum atomic E-state index is 12.5. The molecule has 7 heteroatoms. The third-order valence-corrected chi connectivity index (χ3v) is 6.68. The number of halogens is 1. The monoisotopic (exact) mass is 418 g/mol. The third-order valence-electron chi connectivity index (χ3n) is 4.75. The largest absolute Gasteiger partial charge is 0.340 e. The maximum Gasteiger partial charge on any atom is 0.236 e. The Hall–Kier alpha value is -2.15. The molecule has 1 fully saturated rings. The lowest BCUT2D eigenvalue weighted by Gasteiger charge is -2.33. The first-order valence-electron chi connectivity index (χ1n) is 9.20. The molecule has 3 rings (SSSR count). The lowest BCUT2D eigenvalue weighted by atomic mass is 10.1. The molecule has 1 aliphatic rings. The quantitative estimate of drug-likeness (QED) is 0.722. The first-order valence-corrected chi connectivity index (χ1v) is 11.1. The molecule has 28 heavy (non-hydrogen) atoms. The lowest BCUT2D eigenvalue weighted by molar-refractivity contribution is -0.132. The minimum Gasteiger partial charge on any atom is -0.340 e. The van der Waals surface area contributed by atoms with Crippen LogP contribution in [0.15, 0.2) is 60.0 Å². The summed E-state index contributed by atoms with van der Waals surface area (Å²) in [6, 6.07) is 16.8. The van der Waals surface area contributed by atoms with Gasteiger partial charge in [0.15, 0.2) is 0 Å². The Kier molecular flexibility index (Phi) is 6.88. The second-order valence-corrected chi connectivity index (χ2v) is 8.86. The molecule has 148 valence electrons. The van der Waals surface area contributed by atoms with Gasteiger partial charge in [-0.15, -0.1) is 0 Å². The highest BCUT2D eigenvalue weighted by Gasteiger charge is 2.27. The standard InChI is InChI=1S/C21H23ClN2O3S/c22-20-9-5-4-8-19(20)10-11-21(25)23-13-15-24(16-14-23)28(26,27)17-12-18-6-2-1-3-7-18/h1-9,12,17H,10-11,13-16H2/b17-12+. The minimum absolute atomic E-state index is 0.0248. The highest BCUT2D eigenvalue weighted by Crippen LogP contribution is 2.18. The van der Waals surface area contributed by atoms with Crippen LogP contribution in [-0.4, -0.2) is 49.7 Å². The van der Waals surface area contributed by atoms with Crippen LogP contribution in [0.3, 0.4) is 0 Å². The molecule has 1 saturated heterocycles. The fourth-order valence-electron chi connectivity index (χ4n) is 3.11. The van der Waals surface area contributed by atoms with Crippen LogP contribution in [-0.2, 0) is 21.2 Å². The topological polar surface area (TPSA) is 57.7 Å². The van der Waals surface area contributed by atoms with Crippen molar-refractivity contribution in [3.63, 3.8) is 0 Å². The van der Waals surface area contributed by atoms with Crippen molar-refractivity contribution >= 4 is 33.6 Å². The van der Waals surface area contributed by atoms with Crippen LogP contribution in [0.4, 0.5) is 0 Å². The van der Waals surface area contributed by atoms with E-state index >= 15 is 0 Å². The van der Waals surface area contributed by atoms with E-state index in [1.165, 1.54) is 9.71 Å². The van der Waals surface area contributed by atoms with Gasteiger partial charge in [-0.2, -0.15) is 4.31 Å². The Morgan fingerprint density at radius 3 is 2.29 bits per heavy atom. The van der Waals surface area contributed by atoms with Gasteiger partial charge in [0.25, 0.3) is 0 Å². The van der Waals surface area contributed by atoms with Gasteiger partial charge >= 0.3 is 0 Å². The minimum atomic E-state index is -3.49. The average molecular weight is 419 g/mol. The summed E-state index contributed by atoms with van der Waals surface area (Å²) in [5.74, 6) is 0.0248. The zero-order valence-electron chi connectivity index (χ0n) is 15.5. The predicted octanol–water partition coefficient (Wildman–Crippen LogP) is 3.42. The number of amides is 1. The second-order valence-electron chi connectivity index (χ2n) is 6.63. The van der Waals surface area contributed by atoms with Crippen molar-refractivity contribution in [2.24, 2.45) is 0 Å². The van der Waals surface area contributed by atoms with Crippen LogP contribution in [0.1, 0.15) is 17.5 Å². The highest BCUT2D eigenvalue weighted by molar-refractivity contribution is 7.92. The second kappa shape index (κ2) is 9.37. The lowest BCUT2D eigenvalue weighted by Crippen LogP contribution is -2.50. The fraction of sp³-hybridized carbons (Fsp3) is 0.286. The van der Waals surface area contributed by atoms with Crippen molar-refractivity contribution in [2.45, 2.75) is 12.8 Å². The number of benzene rings is 2. The molecule has 0 aliphatic carbocycles. The van der Waals surface area contributed by atoms with E-state index in [9.17, 15) is 13.2 Å². The van der Waals surface area contributed by atoms with Crippen molar-refractivity contribution in [1.29, 1.82) is 0 Å². The Balaban J connectivity index is 1.51. The Morgan fingerprint density at radius 2 is 1.61 bits per heavy atom. The summed E-state index contributed by atoms with van der Waals surface area (Å²) in [5, 5.41) is 1.90. The van der Waals surface area contributed by atoms with Gasteiger partial charge in [0.05, 0.1) is 0 Å². The molecule has 0 unspecified atom stereocenters. The third kappa shape index (κ3) is 5.44. The molecule has 0 radical (unpaired) electrons. The smallest absolute Gasteiger partial charge is 0.236 e. The van der Waals surface area contributed by atoms with E-state index in [0.717, 1.165) is 11.1 Å². The Labute approximate surface area is 171 Å². The number of carbonyl (C=O) groups excluding carboxylic acids is 1. The van der Waals surface area contributed by atoms with E-state index < -0.39 is 10.0 Å². The molecular formula is C21H23ClN2O3S. The van der Waals surface area contributed by atoms with Crippen LogP contribution >= 0.6 is 11.6 Å². The van der Waals surface area contributed by atoms with Crippen LogP contribution in [0.5, 0.6) is 0 Å². The molecule has 0 aromatic heterocycles.